The lowest BCUT2D eigenvalue weighted by Gasteiger charge is -2.25. The van der Waals surface area contributed by atoms with Crippen molar-refractivity contribution in [1.29, 1.82) is 0 Å². The number of aliphatic hydroxyl groups excluding tert-OH is 1. The molecule has 23 heavy (non-hydrogen) atoms. The lowest BCUT2D eigenvalue weighted by molar-refractivity contribution is -0.0472. The number of ether oxygens (including phenoxy) is 3. The first kappa shape index (κ1) is 15.6. The highest BCUT2D eigenvalue weighted by Gasteiger charge is 2.29. The van der Waals surface area contributed by atoms with E-state index >= 15 is 0 Å². The molecule has 0 spiro atoms. The second-order valence-electron chi connectivity index (χ2n) is 6.06. The molecule has 0 aliphatic carbocycles. The van der Waals surface area contributed by atoms with Crippen LogP contribution in [0.4, 0.5) is 0 Å². The van der Waals surface area contributed by atoms with Crippen LogP contribution in [0.15, 0.2) is 16.9 Å². The van der Waals surface area contributed by atoms with E-state index in [1.165, 1.54) is 21.0 Å². The van der Waals surface area contributed by atoms with Crippen molar-refractivity contribution in [1.82, 2.24) is 4.98 Å². The van der Waals surface area contributed by atoms with E-state index < -0.39 is 17.3 Å². The van der Waals surface area contributed by atoms with Gasteiger partial charge in [-0.05, 0) is 26.0 Å². The maximum atomic E-state index is 12.5. The van der Waals surface area contributed by atoms with Gasteiger partial charge in [0.05, 0.1) is 29.9 Å². The van der Waals surface area contributed by atoms with E-state index in [0.717, 1.165) is 0 Å². The van der Waals surface area contributed by atoms with Gasteiger partial charge in [0.2, 0.25) is 6.79 Å². The summed E-state index contributed by atoms with van der Waals surface area (Å²) >= 11 is 0. The summed E-state index contributed by atoms with van der Waals surface area (Å²) in [5, 5.41) is 20.7. The Morgan fingerprint density at radius 3 is 2.78 bits per heavy atom. The van der Waals surface area contributed by atoms with E-state index in [4.69, 9.17) is 14.2 Å². The molecule has 1 aromatic heterocycles. The number of fused-ring (bicyclic) bond motifs is 3. The molecular weight excluding hydrogens is 302 g/mol. The third-order valence-electron chi connectivity index (χ3n) is 3.99. The van der Waals surface area contributed by atoms with Crippen LogP contribution in [0.2, 0.25) is 0 Å². The number of hydrogen-bond acceptors (Lipinski definition) is 6. The van der Waals surface area contributed by atoms with E-state index in [-0.39, 0.29) is 18.8 Å². The van der Waals surface area contributed by atoms with Crippen LogP contribution in [-0.4, -0.2) is 40.8 Å². The highest BCUT2D eigenvalue weighted by molar-refractivity contribution is 5.93. The van der Waals surface area contributed by atoms with E-state index in [0.29, 0.717) is 28.2 Å². The number of aromatic amines is 1. The highest BCUT2D eigenvalue weighted by atomic mass is 16.7. The lowest BCUT2D eigenvalue weighted by Crippen LogP contribution is -2.38. The minimum atomic E-state index is -1.33. The van der Waals surface area contributed by atoms with Gasteiger partial charge in [-0.1, -0.05) is 0 Å². The number of methoxy groups -OCH3 is 1. The number of nitrogens with one attached hydrogen (secondary N) is 1. The Bertz CT molecular complexity index is 805. The number of aliphatic hydroxyl groups is 2. The molecule has 7 nitrogen and oxygen atoms in total. The molecule has 0 amide bonds. The van der Waals surface area contributed by atoms with Crippen LogP contribution in [0, 0.1) is 0 Å². The Hall–Kier alpha value is -2.25. The molecule has 0 bridgehead atoms. The summed E-state index contributed by atoms with van der Waals surface area (Å²) in [7, 11) is 1.46. The van der Waals surface area contributed by atoms with Crippen LogP contribution in [0.25, 0.3) is 10.9 Å². The molecule has 7 heteroatoms. The zero-order chi connectivity index (χ0) is 16.8. The first-order valence-corrected chi connectivity index (χ1v) is 7.25. The molecule has 3 rings (SSSR count). The van der Waals surface area contributed by atoms with Crippen LogP contribution >= 0.6 is 0 Å². The first-order chi connectivity index (χ1) is 10.8. The molecule has 0 fully saturated rings. The molecule has 0 radical (unpaired) electrons. The molecule has 1 atom stereocenters. The standard InChI is InChI=1S/C16H19NO6/c1-16(2,20)11(18)6-9-13(21-3)8-4-5-10-14(23-7-22-10)12(8)17-15(9)19/h4-5,11,18,20H,6-7H2,1-3H3,(H,17,19). The topological polar surface area (TPSA) is 101 Å². The molecule has 124 valence electrons. The number of pyridine rings is 1. The average Bonchev–Trinajstić information content (AvgIpc) is 2.95. The molecule has 3 N–H and O–H groups in total. The fourth-order valence-corrected chi connectivity index (χ4v) is 2.60. The molecule has 2 aromatic rings. The van der Waals surface area contributed by atoms with Gasteiger partial charge >= 0.3 is 0 Å². The van der Waals surface area contributed by atoms with Crippen molar-refractivity contribution in [2.45, 2.75) is 32.0 Å². The minimum Gasteiger partial charge on any atom is -0.496 e. The molecular formula is C16H19NO6. The Labute approximate surface area is 132 Å². The minimum absolute atomic E-state index is 0.0353. The Kier molecular flexibility index (Phi) is 3.69. The van der Waals surface area contributed by atoms with Gasteiger partial charge < -0.3 is 29.4 Å². The number of aromatic nitrogens is 1. The van der Waals surface area contributed by atoms with Crippen LogP contribution in [0.3, 0.4) is 0 Å². The van der Waals surface area contributed by atoms with Crippen molar-refractivity contribution in [2.75, 3.05) is 13.9 Å². The summed E-state index contributed by atoms with van der Waals surface area (Å²) in [6.07, 6.45) is -1.14. The van der Waals surface area contributed by atoms with E-state index in [1.54, 1.807) is 12.1 Å². The third kappa shape index (κ3) is 2.62. The molecule has 0 saturated heterocycles. The van der Waals surface area contributed by atoms with E-state index in [2.05, 4.69) is 4.98 Å². The average molecular weight is 321 g/mol. The van der Waals surface area contributed by atoms with Crippen LogP contribution in [0.5, 0.6) is 17.2 Å². The van der Waals surface area contributed by atoms with Crippen LogP contribution in [0.1, 0.15) is 19.4 Å². The summed E-state index contributed by atoms with van der Waals surface area (Å²) in [6.45, 7) is 3.06. The zero-order valence-corrected chi connectivity index (χ0v) is 13.2. The van der Waals surface area contributed by atoms with Gasteiger partial charge in [-0.25, -0.2) is 0 Å². The molecule has 1 aromatic carbocycles. The fourth-order valence-electron chi connectivity index (χ4n) is 2.60. The second kappa shape index (κ2) is 5.43. The summed E-state index contributed by atoms with van der Waals surface area (Å²) in [6, 6.07) is 3.50. The normalized spacial score (nSPS) is 15.0. The molecule has 1 aliphatic heterocycles. The first-order valence-electron chi connectivity index (χ1n) is 7.25. The van der Waals surface area contributed by atoms with Gasteiger partial charge in [-0.15, -0.1) is 0 Å². The monoisotopic (exact) mass is 321 g/mol. The maximum Gasteiger partial charge on any atom is 0.255 e. The second-order valence-corrected chi connectivity index (χ2v) is 6.06. The largest absolute Gasteiger partial charge is 0.496 e. The van der Waals surface area contributed by atoms with Gasteiger partial charge in [0, 0.05) is 11.8 Å². The lowest BCUT2D eigenvalue weighted by atomic mass is 9.94. The summed E-state index contributed by atoms with van der Waals surface area (Å²) in [4.78, 5) is 15.2. The predicted octanol–water partition coefficient (Wildman–Crippen LogP) is 0.940. The zero-order valence-electron chi connectivity index (χ0n) is 13.2. The van der Waals surface area contributed by atoms with Gasteiger partial charge in [0.1, 0.15) is 5.75 Å². The Morgan fingerprint density at radius 2 is 2.13 bits per heavy atom. The fraction of sp³-hybridized carbons (Fsp3) is 0.438. The summed E-state index contributed by atoms with van der Waals surface area (Å²) in [5.74, 6) is 1.37. The Balaban J connectivity index is 2.18. The van der Waals surface area contributed by atoms with Crippen molar-refractivity contribution in [3.8, 4) is 17.2 Å². The van der Waals surface area contributed by atoms with Gasteiger partial charge in [-0.3, -0.25) is 4.79 Å². The van der Waals surface area contributed by atoms with Crippen LogP contribution < -0.4 is 19.8 Å². The van der Waals surface area contributed by atoms with Crippen molar-refractivity contribution in [2.24, 2.45) is 0 Å². The maximum absolute atomic E-state index is 12.5. The number of hydrogen-bond donors (Lipinski definition) is 3. The van der Waals surface area contributed by atoms with E-state index in [1.807, 2.05) is 0 Å². The highest BCUT2D eigenvalue weighted by Crippen LogP contribution is 2.41. The van der Waals surface area contributed by atoms with Crippen molar-refractivity contribution < 1.29 is 24.4 Å². The number of rotatable bonds is 4. The molecule has 0 saturated carbocycles. The van der Waals surface area contributed by atoms with Crippen molar-refractivity contribution >= 4 is 10.9 Å². The summed E-state index contributed by atoms with van der Waals surface area (Å²) in [5.41, 5.74) is -0.972. The van der Waals surface area contributed by atoms with Gasteiger partial charge in [-0.2, -0.15) is 0 Å². The molecule has 1 unspecified atom stereocenters. The number of H-pyrrole nitrogens is 1. The van der Waals surface area contributed by atoms with Gasteiger partial charge in [0.25, 0.3) is 5.56 Å². The number of benzene rings is 1. The quantitative estimate of drug-likeness (QED) is 0.775. The van der Waals surface area contributed by atoms with Crippen molar-refractivity contribution in [3.63, 3.8) is 0 Å². The molecule has 2 heterocycles. The van der Waals surface area contributed by atoms with Crippen LogP contribution in [-0.2, 0) is 6.42 Å². The summed E-state index contributed by atoms with van der Waals surface area (Å²) < 4.78 is 16.1. The molecule has 1 aliphatic rings. The Morgan fingerprint density at radius 1 is 1.39 bits per heavy atom. The smallest absolute Gasteiger partial charge is 0.255 e. The predicted molar refractivity (Wildman–Crippen MR) is 83.3 cm³/mol. The SMILES string of the molecule is COc1c(CC(O)C(C)(C)O)c(=O)[nH]c2c3c(ccc12)OCO3. The van der Waals surface area contributed by atoms with Gasteiger partial charge in [0.15, 0.2) is 11.5 Å². The van der Waals surface area contributed by atoms with E-state index in [9.17, 15) is 15.0 Å². The third-order valence-corrected chi connectivity index (χ3v) is 3.99. The van der Waals surface area contributed by atoms with Crippen molar-refractivity contribution in [3.05, 3.63) is 28.0 Å².